The summed E-state index contributed by atoms with van der Waals surface area (Å²) >= 11 is 1.51. The molecule has 3 aromatic rings. The van der Waals surface area contributed by atoms with Gasteiger partial charge in [-0.2, -0.15) is 5.26 Å². The van der Waals surface area contributed by atoms with Crippen LogP contribution in [0.1, 0.15) is 5.56 Å². The predicted molar refractivity (Wildman–Crippen MR) is 78.7 cm³/mol. The molecule has 20 heavy (non-hydrogen) atoms. The zero-order valence-corrected chi connectivity index (χ0v) is 11.3. The van der Waals surface area contributed by atoms with Gasteiger partial charge < -0.3 is 5.11 Å². The molecule has 0 aliphatic rings. The highest BCUT2D eigenvalue weighted by Gasteiger charge is 2.07. The van der Waals surface area contributed by atoms with Crippen LogP contribution in [0.25, 0.3) is 10.8 Å². The highest BCUT2D eigenvalue weighted by Crippen LogP contribution is 2.36. The van der Waals surface area contributed by atoms with Crippen molar-refractivity contribution in [3.05, 3.63) is 60.3 Å². The van der Waals surface area contributed by atoms with E-state index in [1.807, 2.05) is 36.4 Å². The van der Waals surface area contributed by atoms with Crippen molar-refractivity contribution in [3.63, 3.8) is 0 Å². The van der Waals surface area contributed by atoms with Crippen LogP contribution < -0.4 is 0 Å². The smallest absolute Gasteiger partial charge is 0.123 e. The number of benzene rings is 2. The van der Waals surface area contributed by atoms with E-state index in [0.717, 1.165) is 20.7 Å². The molecule has 0 aliphatic heterocycles. The van der Waals surface area contributed by atoms with Crippen molar-refractivity contribution in [2.45, 2.75) is 9.92 Å². The molecule has 3 rings (SSSR count). The largest absolute Gasteiger partial charge is 0.507 e. The third-order valence-electron chi connectivity index (χ3n) is 2.94. The first-order valence-electron chi connectivity index (χ1n) is 6.02. The van der Waals surface area contributed by atoms with Crippen molar-refractivity contribution in [1.29, 1.82) is 5.26 Å². The van der Waals surface area contributed by atoms with Crippen molar-refractivity contribution in [2.75, 3.05) is 0 Å². The van der Waals surface area contributed by atoms with Gasteiger partial charge in [0.15, 0.2) is 0 Å². The van der Waals surface area contributed by atoms with Crippen LogP contribution in [0.15, 0.2) is 64.6 Å². The minimum absolute atomic E-state index is 0.276. The maximum atomic E-state index is 9.87. The molecule has 0 bridgehead atoms. The van der Waals surface area contributed by atoms with Crippen LogP contribution in [0.3, 0.4) is 0 Å². The van der Waals surface area contributed by atoms with Gasteiger partial charge in [-0.15, -0.1) is 0 Å². The fourth-order valence-corrected chi connectivity index (χ4v) is 2.85. The van der Waals surface area contributed by atoms with Crippen molar-refractivity contribution >= 4 is 22.5 Å². The highest BCUT2D eigenvalue weighted by atomic mass is 32.2. The Morgan fingerprint density at radius 3 is 2.50 bits per heavy atom. The maximum absolute atomic E-state index is 9.87. The van der Waals surface area contributed by atoms with Gasteiger partial charge >= 0.3 is 0 Å². The second-order valence-corrected chi connectivity index (χ2v) is 5.29. The molecule has 0 aliphatic carbocycles. The van der Waals surface area contributed by atoms with Crippen molar-refractivity contribution < 1.29 is 5.11 Å². The quantitative estimate of drug-likeness (QED) is 0.770. The SMILES string of the molecule is N#Cc1ccc(Sc2ccc(O)c3ccccc23)nc1. The molecule has 0 radical (unpaired) electrons. The van der Waals surface area contributed by atoms with Crippen LogP contribution >= 0.6 is 11.8 Å². The Hall–Kier alpha value is -2.51. The fourth-order valence-electron chi connectivity index (χ4n) is 1.96. The average Bonchev–Trinajstić information content (AvgIpc) is 2.51. The Morgan fingerprint density at radius 2 is 1.80 bits per heavy atom. The summed E-state index contributed by atoms with van der Waals surface area (Å²) in [6, 6.07) is 16.9. The third kappa shape index (κ3) is 2.31. The highest BCUT2D eigenvalue weighted by molar-refractivity contribution is 7.99. The molecule has 0 atom stereocenters. The molecule has 4 heteroatoms. The molecule has 0 fully saturated rings. The number of aromatic hydroxyl groups is 1. The second kappa shape index (κ2) is 5.24. The fraction of sp³-hybridized carbons (Fsp3) is 0. The lowest BCUT2D eigenvalue weighted by atomic mass is 10.1. The van der Waals surface area contributed by atoms with E-state index in [1.165, 1.54) is 11.8 Å². The Kier molecular flexibility index (Phi) is 3.28. The molecular weight excluding hydrogens is 268 g/mol. The van der Waals surface area contributed by atoms with Gasteiger partial charge in [-0.1, -0.05) is 36.0 Å². The number of fused-ring (bicyclic) bond motifs is 1. The van der Waals surface area contributed by atoms with Crippen LogP contribution in [0.5, 0.6) is 5.75 Å². The summed E-state index contributed by atoms with van der Waals surface area (Å²) in [5.41, 5.74) is 0.546. The maximum Gasteiger partial charge on any atom is 0.123 e. The van der Waals surface area contributed by atoms with Crippen LogP contribution in [-0.4, -0.2) is 10.1 Å². The summed E-state index contributed by atoms with van der Waals surface area (Å²) in [6.07, 6.45) is 1.56. The first-order valence-corrected chi connectivity index (χ1v) is 6.84. The first kappa shape index (κ1) is 12.5. The second-order valence-electron chi connectivity index (χ2n) is 4.23. The molecule has 1 aromatic heterocycles. The van der Waals surface area contributed by atoms with Gasteiger partial charge in [0, 0.05) is 16.5 Å². The lowest BCUT2D eigenvalue weighted by molar-refractivity contribution is 0.481. The normalized spacial score (nSPS) is 10.3. The van der Waals surface area contributed by atoms with E-state index < -0.39 is 0 Å². The van der Waals surface area contributed by atoms with Gasteiger partial charge in [0.05, 0.1) is 5.56 Å². The van der Waals surface area contributed by atoms with Gasteiger partial charge in [-0.05, 0) is 29.7 Å². The third-order valence-corrected chi connectivity index (χ3v) is 3.97. The van der Waals surface area contributed by atoms with Gasteiger partial charge in [-0.25, -0.2) is 4.98 Å². The predicted octanol–water partition coefficient (Wildman–Crippen LogP) is 3.96. The molecule has 1 N–H and O–H groups in total. The lowest BCUT2D eigenvalue weighted by Gasteiger charge is -2.07. The Morgan fingerprint density at radius 1 is 1.00 bits per heavy atom. The minimum atomic E-state index is 0.276. The Balaban J connectivity index is 2.02. The number of phenols is 1. The number of rotatable bonds is 2. The Labute approximate surface area is 120 Å². The molecule has 96 valence electrons. The van der Waals surface area contributed by atoms with Gasteiger partial charge in [0.2, 0.25) is 0 Å². The van der Waals surface area contributed by atoms with E-state index in [4.69, 9.17) is 5.26 Å². The van der Waals surface area contributed by atoms with Crippen LogP contribution in [0.2, 0.25) is 0 Å². The number of nitrogens with zero attached hydrogens (tertiary/aromatic N) is 2. The zero-order valence-electron chi connectivity index (χ0n) is 10.4. The summed E-state index contributed by atoms with van der Waals surface area (Å²) < 4.78 is 0. The minimum Gasteiger partial charge on any atom is -0.507 e. The topological polar surface area (TPSA) is 56.9 Å². The van der Waals surface area contributed by atoms with E-state index in [1.54, 1.807) is 18.3 Å². The summed E-state index contributed by atoms with van der Waals surface area (Å²) in [5.74, 6) is 0.276. The summed E-state index contributed by atoms with van der Waals surface area (Å²) in [7, 11) is 0. The molecule has 0 unspecified atom stereocenters. The van der Waals surface area contributed by atoms with Crippen molar-refractivity contribution in [3.8, 4) is 11.8 Å². The molecule has 3 nitrogen and oxygen atoms in total. The van der Waals surface area contributed by atoms with Gasteiger partial charge in [-0.3, -0.25) is 0 Å². The zero-order chi connectivity index (χ0) is 13.9. The standard InChI is InChI=1S/C16H10N2OS/c17-9-11-5-8-16(18-10-11)20-15-7-6-14(19)12-3-1-2-4-13(12)15/h1-8,10,19H. The van der Waals surface area contributed by atoms with Gasteiger partial charge in [0.25, 0.3) is 0 Å². The van der Waals surface area contributed by atoms with Crippen LogP contribution in [0, 0.1) is 11.3 Å². The van der Waals surface area contributed by atoms with Crippen LogP contribution in [-0.2, 0) is 0 Å². The summed E-state index contributed by atoms with van der Waals surface area (Å²) in [4.78, 5) is 5.28. The van der Waals surface area contributed by atoms with E-state index >= 15 is 0 Å². The number of hydrogen-bond donors (Lipinski definition) is 1. The van der Waals surface area contributed by atoms with Crippen LogP contribution in [0.4, 0.5) is 0 Å². The number of nitriles is 1. The first-order chi connectivity index (χ1) is 9.78. The van der Waals surface area contributed by atoms with Crippen molar-refractivity contribution in [1.82, 2.24) is 4.98 Å². The lowest BCUT2D eigenvalue weighted by Crippen LogP contribution is -1.83. The van der Waals surface area contributed by atoms with E-state index in [0.29, 0.717) is 5.56 Å². The molecule has 0 spiro atoms. The molecule has 2 aromatic carbocycles. The molecule has 0 amide bonds. The summed E-state index contributed by atoms with van der Waals surface area (Å²) in [6.45, 7) is 0. The molecule has 0 saturated carbocycles. The Bertz CT molecular complexity index is 807. The molecular formula is C16H10N2OS. The summed E-state index contributed by atoms with van der Waals surface area (Å²) in [5, 5.41) is 21.3. The van der Waals surface area contributed by atoms with E-state index in [-0.39, 0.29) is 5.75 Å². The van der Waals surface area contributed by atoms with Crippen molar-refractivity contribution in [2.24, 2.45) is 0 Å². The number of hydrogen-bond acceptors (Lipinski definition) is 4. The number of pyridine rings is 1. The molecule has 0 saturated heterocycles. The monoisotopic (exact) mass is 278 g/mol. The number of phenolic OH excluding ortho intramolecular Hbond substituents is 1. The van der Waals surface area contributed by atoms with Gasteiger partial charge in [0.1, 0.15) is 16.8 Å². The van der Waals surface area contributed by atoms with E-state index in [2.05, 4.69) is 11.1 Å². The average molecular weight is 278 g/mol. The number of aromatic nitrogens is 1. The molecule has 1 heterocycles. The van der Waals surface area contributed by atoms with E-state index in [9.17, 15) is 5.11 Å².